The van der Waals surface area contributed by atoms with Gasteiger partial charge in [0.2, 0.25) is 0 Å². The Morgan fingerprint density at radius 2 is 0.768 bits per heavy atom. The summed E-state index contributed by atoms with van der Waals surface area (Å²) >= 11 is 0. The van der Waals surface area contributed by atoms with E-state index >= 15 is 0 Å². The van der Waals surface area contributed by atoms with Crippen molar-refractivity contribution in [1.29, 1.82) is 0 Å². The van der Waals surface area contributed by atoms with Crippen LogP contribution in [0.25, 0.3) is 133 Å². The Labute approximate surface area is 396 Å². The number of hydrogen-bond acceptors (Lipinski definition) is 4. The Morgan fingerprint density at radius 3 is 1.36 bits per heavy atom. The van der Waals surface area contributed by atoms with E-state index in [1.54, 1.807) is 0 Å². The fraction of sp³-hybridized carbons (Fsp3) is 0. The van der Waals surface area contributed by atoms with Gasteiger partial charge in [-0.25, -0.2) is 15.0 Å². The quantitative estimate of drug-likeness (QED) is 0.160. The summed E-state index contributed by atoms with van der Waals surface area (Å²) in [5.41, 5.74) is 15.4. The summed E-state index contributed by atoms with van der Waals surface area (Å²) < 4.78 is 11.6. The number of aromatic nitrogens is 5. The molecular weight excluding hydrogens is 843 g/mol. The van der Waals surface area contributed by atoms with Crippen LogP contribution in [0.1, 0.15) is 0 Å². The largest absolute Gasteiger partial charge is 0.456 e. The Kier molecular flexibility index (Phi) is 8.79. The molecule has 0 saturated heterocycles. The second-order valence-corrected chi connectivity index (χ2v) is 17.6. The molecule has 14 aromatic rings. The molecule has 0 fully saturated rings. The number of furan rings is 1. The van der Waals surface area contributed by atoms with Gasteiger partial charge < -0.3 is 13.6 Å². The van der Waals surface area contributed by atoms with Crippen molar-refractivity contribution in [3.05, 3.63) is 237 Å². The molecule has 0 spiro atoms. The van der Waals surface area contributed by atoms with E-state index < -0.39 is 0 Å². The molecule has 0 unspecified atom stereocenters. The number of nitrogens with zero attached hydrogens (tertiary/aromatic N) is 5. The maximum absolute atomic E-state index is 6.72. The Bertz CT molecular complexity index is 4200. The Morgan fingerprint density at radius 1 is 0.290 bits per heavy atom. The lowest BCUT2D eigenvalue weighted by atomic mass is 10.0. The Balaban J connectivity index is 1.01. The topological polar surface area (TPSA) is 61.7 Å². The molecule has 10 aromatic carbocycles. The number of para-hydroxylation sites is 3. The highest BCUT2D eigenvalue weighted by atomic mass is 16.3. The fourth-order valence-corrected chi connectivity index (χ4v) is 10.4. The molecule has 6 nitrogen and oxygen atoms in total. The van der Waals surface area contributed by atoms with Crippen LogP contribution in [0.5, 0.6) is 0 Å². The molecule has 6 heteroatoms. The average Bonchev–Trinajstić information content (AvgIpc) is 4.09. The minimum atomic E-state index is 0.565. The summed E-state index contributed by atoms with van der Waals surface area (Å²) in [6, 6.07) is 83.2. The molecule has 4 aromatic heterocycles. The number of benzene rings is 10. The van der Waals surface area contributed by atoms with Gasteiger partial charge in [0, 0.05) is 60.4 Å². The van der Waals surface area contributed by atoms with Crippen LogP contribution >= 0.6 is 0 Å². The summed E-state index contributed by atoms with van der Waals surface area (Å²) in [6.45, 7) is 0. The van der Waals surface area contributed by atoms with E-state index in [0.717, 1.165) is 88.8 Å². The predicted molar refractivity (Wildman–Crippen MR) is 283 cm³/mol. The van der Waals surface area contributed by atoms with E-state index in [2.05, 4.69) is 221 Å². The van der Waals surface area contributed by atoms with Gasteiger partial charge in [0.15, 0.2) is 17.5 Å². The van der Waals surface area contributed by atoms with Crippen LogP contribution in [0.4, 0.5) is 0 Å². The van der Waals surface area contributed by atoms with Gasteiger partial charge in [0.1, 0.15) is 11.2 Å². The molecule has 0 aliphatic rings. The lowest BCUT2D eigenvalue weighted by Gasteiger charge is -2.13. The summed E-state index contributed by atoms with van der Waals surface area (Å²) in [6.07, 6.45) is 0. The predicted octanol–water partition coefficient (Wildman–Crippen LogP) is 16.3. The lowest BCUT2D eigenvalue weighted by molar-refractivity contribution is 0.669. The summed E-state index contributed by atoms with van der Waals surface area (Å²) in [5.74, 6) is 1.74. The first kappa shape index (κ1) is 38.8. The van der Waals surface area contributed by atoms with Gasteiger partial charge >= 0.3 is 0 Å². The van der Waals surface area contributed by atoms with E-state index in [1.165, 1.54) is 27.1 Å². The van der Waals surface area contributed by atoms with E-state index in [9.17, 15) is 0 Å². The van der Waals surface area contributed by atoms with Crippen LogP contribution in [-0.2, 0) is 0 Å². The molecule has 4 heterocycles. The standard InChI is InChI=1S/C63H39N5O/c1-4-17-40(18-5-1)42-21-14-23-44(37-42)61-64-62(45-24-15-22-43(38-45)41-19-6-2-7-20-41)66-63(65-61)52-29-16-32-57-58(52)53-39-47(33-36-56(53)69-57)68-55-31-13-11-28-49(55)51-35-34-50-48-27-10-12-30-54(48)67(59(50)60(51)68)46-25-8-3-9-26-46/h1-39H. The molecule has 14 rings (SSSR count). The molecule has 0 aliphatic carbocycles. The first-order chi connectivity index (χ1) is 34.2. The van der Waals surface area contributed by atoms with E-state index in [4.69, 9.17) is 19.4 Å². The zero-order valence-electron chi connectivity index (χ0n) is 37.2. The molecule has 0 saturated carbocycles. The highest BCUT2D eigenvalue weighted by molar-refractivity contribution is 6.24. The maximum atomic E-state index is 6.72. The van der Waals surface area contributed by atoms with Crippen molar-refractivity contribution in [1.82, 2.24) is 24.1 Å². The van der Waals surface area contributed by atoms with Crippen molar-refractivity contribution in [2.45, 2.75) is 0 Å². The molecule has 0 radical (unpaired) electrons. The number of rotatable bonds is 7. The molecule has 0 amide bonds. The molecule has 0 N–H and O–H groups in total. The average molecular weight is 882 g/mol. The summed E-state index contributed by atoms with van der Waals surface area (Å²) in [5, 5.41) is 6.71. The lowest BCUT2D eigenvalue weighted by Crippen LogP contribution is -2.01. The van der Waals surface area contributed by atoms with Gasteiger partial charge in [-0.3, -0.25) is 0 Å². The van der Waals surface area contributed by atoms with Crippen molar-refractivity contribution in [3.63, 3.8) is 0 Å². The smallest absolute Gasteiger partial charge is 0.164 e. The third-order valence-corrected chi connectivity index (χ3v) is 13.6. The van der Waals surface area contributed by atoms with Gasteiger partial charge in [-0.15, -0.1) is 0 Å². The van der Waals surface area contributed by atoms with Gasteiger partial charge in [-0.1, -0.05) is 176 Å². The van der Waals surface area contributed by atoms with E-state index in [-0.39, 0.29) is 0 Å². The zero-order chi connectivity index (χ0) is 45.4. The van der Waals surface area contributed by atoms with E-state index in [1.807, 2.05) is 24.3 Å². The minimum absolute atomic E-state index is 0.565. The third-order valence-electron chi connectivity index (χ3n) is 13.6. The van der Waals surface area contributed by atoms with Crippen molar-refractivity contribution < 1.29 is 4.42 Å². The molecule has 0 atom stereocenters. The number of fused-ring (bicyclic) bond motifs is 10. The summed E-state index contributed by atoms with van der Waals surface area (Å²) in [4.78, 5) is 15.9. The second kappa shape index (κ2) is 15.6. The van der Waals surface area contributed by atoms with Gasteiger partial charge in [0.25, 0.3) is 0 Å². The van der Waals surface area contributed by atoms with Crippen LogP contribution in [0.3, 0.4) is 0 Å². The maximum Gasteiger partial charge on any atom is 0.164 e. The van der Waals surface area contributed by atoms with Crippen LogP contribution in [0.2, 0.25) is 0 Å². The third kappa shape index (κ3) is 6.30. The van der Waals surface area contributed by atoms with Crippen LogP contribution in [-0.4, -0.2) is 24.1 Å². The zero-order valence-corrected chi connectivity index (χ0v) is 37.2. The first-order valence-electron chi connectivity index (χ1n) is 23.3. The van der Waals surface area contributed by atoms with Gasteiger partial charge in [-0.2, -0.15) is 0 Å². The molecule has 0 bridgehead atoms. The summed E-state index contributed by atoms with van der Waals surface area (Å²) in [7, 11) is 0. The van der Waals surface area contributed by atoms with Gasteiger partial charge in [-0.05, 0) is 82.9 Å². The molecule has 69 heavy (non-hydrogen) atoms. The molecule has 0 aliphatic heterocycles. The van der Waals surface area contributed by atoms with Crippen molar-refractivity contribution in [3.8, 4) is 67.8 Å². The highest BCUT2D eigenvalue weighted by Crippen LogP contribution is 2.44. The second-order valence-electron chi connectivity index (χ2n) is 17.6. The number of hydrogen-bond donors (Lipinski definition) is 0. The first-order valence-corrected chi connectivity index (χ1v) is 23.3. The van der Waals surface area contributed by atoms with Crippen LogP contribution in [0, 0.1) is 0 Å². The molecular formula is C63H39N5O. The van der Waals surface area contributed by atoms with Crippen LogP contribution < -0.4 is 0 Å². The monoisotopic (exact) mass is 881 g/mol. The fourth-order valence-electron chi connectivity index (χ4n) is 10.4. The normalized spacial score (nSPS) is 11.8. The van der Waals surface area contributed by atoms with Crippen molar-refractivity contribution >= 4 is 65.6 Å². The van der Waals surface area contributed by atoms with Crippen molar-refractivity contribution in [2.24, 2.45) is 0 Å². The molecule has 322 valence electrons. The SMILES string of the molecule is c1ccc(-c2cccc(-c3nc(-c4cccc(-c5ccccc5)c4)nc(-c4cccc5oc6ccc(-n7c8ccccc8c8ccc9c%10ccccc%10n(-c%10ccccc%10)c9c87)cc6c45)n3)c2)cc1. The van der Waals surface area contributed by atoms with Gasteiger partial charge in [0.05, 0.1) is 22.1 Å². The minimum Gasteiger partial charge on any atom is -0.456 e. The van der Waals surface area contributed by atoms with Crippen molar-refractivity contribution in [2.75, 3.05) is 0 Å². The van der Waals surface area contributed by atoms with E-state index in [0.29, 0.717) is 17.5 Å². The highest BCUT2D eigenvalue weighted by Gasteiger charge is 2.23. The Hall–Kier alpha value is -9.39. The van der Waals surface area contributed by atoms with Crippen LogP contribution in [0.15, 0.2) is 241 Å².